The van der Waals surface area contributed by atoms with Crippen molar-refractivity contribution in [3.05, 3.63) is 29.8 Å². The molecular formula is C7H10P2. The van der Waals surface area contributed by atoms with Crippen LogP contribution in [0.4, 0.5) is 0 Å². The van der Waals surface area contributed by atoms with Crippen LogP contribution < -0.4 is 5.30 Å². The highest BCUT2D eigenvalue weighted by Gasteiger charge is 1.89. The summed E-state index contributed by atoms with van der Waals surface area (Å²) >= 11 is 0. The molecule has 2 atom stereocenters. The summed E-state index contributed by atoms with van der Waals surface area (Å²) in [7, 11) is 5.43. The average molecular weight is 156 g/mol. The van der Waals surface area contributed by atoms with Gasteiger partial charge in [0.15, 0.2) is 0 Å². The highest BCUT2D eigenvalue weighted by Crippen LogP contribution is 2.04. The van der Waals surface area contributed by atoms with E-state index < -0.39 is 0 Å². The zero-order valence-corrected chi connectivity index (χ0v) is 7.48. The summed E-state index contributed by atoms with van der Waals surface area (Å²) in [5.41, 5.74) is 1.38. The Labute approximate surface area is 60.5 Å². The van der Waals surface area contributed by atoms with Gasteiger partial charge in [0.05, 0.1) is 0 Å². The number of benzene rings is 1. The molecule has 0 bridgehead atoms. The topological polar surface area (TPSA) is 0 Å². The van der Waals surface area contributed by atoms with E-state index in [1.807, 2.05) is 6.07 Å². The average Bonchev–Trinajstić information content (AvgIpc) is 1.89. The van der Waals surface area contributed by atoms with Crippen LogP contribution in [0.1, 0.15) is 5.56 Å². The lowest BCUT2D eigenvalue weighted by atomic mass is 10.2. The minimum absolute atomic E-state index is 1.04. The van der Waals surface area contributed by atoms with Crippen LogP contribution in [-0.4, -0.2) is 0 Å². The second-order valence-electron chi connectivity index (χ2n) is 1.90. The standard InChI is InChI=1S/C7H10P2/c8-5-6-3-1-2-4-7(6)9/h1-4H,5,8-9H2. The van der Waals surface area contributed by atoms with Gasteiger partial charge in [-0.15, -0.1) is 18.5 Å². The van der Waals surface area contributed by atoms with Crippen LogP contribution in [0, 0.1) is 0 Å². The maximum Gasteiger partial charge on any atom is -0.0122 e. The molecule has 0 spiro atoms. The van der Waals surface area contributed by atoms with Gasteiger partial charge >= 0.3 is 0 Å². The molecule has 1 aromatic rings. The van der Waals surface area contributed by atoms with E-state index in [4.69, 9.17) is 0 Å². The van der Waals surface area contributed by atoms with E-state index in [9.17, 15) is 0 Å². The van der Waals surface area contributed by atoms with E-state index in [0.29, 0.717) is 0 Å². The zero-order chi connectivity index (χ0) is 6.69. The first-order valence-corrected chi connectivity index (χ1v) is 4.27. The minimum Gasteiger partial charge on any atom is -0.133 e. The highest BCUT2D eigenvalue weighted by molar-refractivity contribution is 7.27. The smallest absolute Gasteiger partial charge is 0.0122 e. The molecule has 0 saturated carbocycles. The van der Waals surface area contributed by atoms with Crippen LogP contribution >= 0.6 is 18.5 Å². The first kappa shape index (κ1) is 7.19. The van der Waals surface area contributed by atoms with E-state index in [-0.39, 0.29) is 0 Å². The summed E-state index contributed by atoms with van der Waals surface area (Å²) < 4.78 is 0. The quantitative estimate of drug-likeness (QED) is 0.541. The van der Waals surface area contributed by atoms with Crippen molar-refractivity contribution in [1.82, 2.24) is 0 Å². The van der Waals surface area contributed by atoms with Gasteiger partial charge in [-0.05, 0) is 17.0 Å². The fourth-order valence-electron chi connectivity index (χ4n) is 0.720. The van der Waals surface area contributed by atoms with E-state index in [1.54, 1.807) is 0 Å². The Kier molecular flexibility index (Phi) is 2.64. The molecule has 1 aromatic carbocycles. The summed E-state index contributed by atoms with van der Waals surface area (Å²) in [5, 5.41) is 1.30. The van der Waals surface area contributed by atoms with Gasteiger partial charge in [-0.3, -0.25) is 0 Å². The van der Waals surface area contributed by atoms with Crippen LogP contribution in [0.25, 0.3) is 0 Å². The number of hydrogen-bond acceptors (Lipinski definition) is 0. The third-order valence-corrected chi connectivity index (χ3v) is 2.28. The maximum absolute atomic E-state index is 2.72. The van der Waals surface area contributed by atoms with Gasteiger partial charge in [0.1, 0.15) is 0 Å². The molecule has 0 N–H and O–H groups in total. The summed E-state index contributed by atoms with van der Waals surface area (Å²) in [5.74, 6) is 0. The predicted octanol–water partition coefficient (Wildman–Crippen LogP) is 1.56. The first-order chi connectivity index (χ1) is 4.34. The van der Waals surface area contributed by atoms with E-state index >= 15 is 0 Å². The van der Waals surface area contributed by atoms with Gasteiger partial charge in [-0.2, -0.15) is 0 Å². The molecule has 0 aliphatic carbocycles. The highest BCUT2D eigenvalue weighted by atomic mass is 31.0. The first-order valence-electron chi connectivity index (χ1n) is 2.88. The van der Waals surface area contributed by atoms with Crippen molar-refractivity contribution < 1.29 is 0 Å². The van der Waals surface area contributed by atoms with Crippen LogP contribution in [-0.2, 0) is 6.16 Å². The Balaban J connectivity index is 3.01. The zero-order valence-electron chi connectivity index (χ0n) is 5.17. The van der Waals surface area contributed by atoms with E-state index in [0.717, 1.165) is 6.16 Å². The van der Waals surface area contributed by atoms with E-state index in [2.05, 4.69) is 36.7 Å². The third-order valence-electron chi connectivity index (χ3n) is 1.28. The fraction of sp³-hybridized carbons (Fsp3) is 0.143. The molecular weight excluding hydrogens is 146 g/mol. The molecule has 0 aliphatic rings. The van der Waals surface area contributed by atoms with Crippen molar-refractivity contribution >= 4 is 23.8 Å². The van der Waals surface area contributed by atoms with E-state index in [1.165, 1.54) is 10.9 Å². The molecule has 0 amide bonds. The molecule has 0 saturated heterocycles. The molecule has 48 valence electrons. The SMILES string of the molecule is PCc1ccccc1P. The van der Waals surface area contributed by atoms with Gasteiger partial charge in [-0.25, -0.2) is 0 Å². The molecule has 1 rings (SSSR count). The Morgan fingerprint density at radius 3 is 2.33 bits per heavy atom. The molecule has 0 nitrogen and oxygen atoms in total. The fourth-order valence-corrected chi connectivity index (χ4v) is 1.65. The lowest BCUT2D eigenvalue weighted by molar-refractivity contribution is 1.46. The van der Waals surface area contributed by atoms with Gasteiger partial charge in [-0.1, -0.05) is 24.3 Å². The molecule has 0 radical (unpaired) electrons. The van der Waals surface area contributed by atoms with Crippen LogP contribution in [0.2, 0.25) is 0 Å². The van der Waals surface area contributed by atoms with Gasteiger partial charge in [0.2, 0.25) is 0 Å². The lowest BCUT2D eigenvalue weighted by Crippen LogP contribution is -1.96. The summed E-state index contributed by atoms with van der Waals surface area (Å²) in [6.07, 6.45) is 1.04. The molecule has 9 heavy (non-hydrogen) atoms. The maximum atomic E-state index is 2.72. The summed E-state index contributed by atoms with van der Waals surface area (Å²) in [6.45, 7) is 0. The normalized spacial score (nSPS) is 9.56. The lowest BCUT2D eigenvalue weighted by Gasteiger charge is -1.98. The Bertz CT molecular complexity index is 196. The number of hydrogen-bond donors (Lipinski definition) is 0. The van der Waals surface area contributed by atoms with Gasteiger partial charge in [0.25, 0.3) is 0 Å². The summed E-state index contributed by atoms with van der Waals surface area (Å²) in [6, 6.07) is 8.35. The van der Waals surface area contributed by atoms with Gasteiger partial charge < -0.3 is 0 Å². The van der Waals surface area contributed by atoms with Crippen LogP contribution in [0.3, 0.4) is 0 Å². The van der Waals surface area contributed by atoms with Crippen molar-refractivity contribution in [3.8, 4) is 0 Å². The molecule has 0 aliphatic heterocycles. The minimum atomic E-state index is 1.04. The second-order valence-corrected chi connectivity index (χ2v) is 2.93. The van der Waals surface area contributed by atoms with Crippen molar-refractivity contribution in [1.29, 1.82) is 0 Å². The Hall–Kier alpha value is 0.0800. The monoisotopic (exact) mass is 156 g/mol. The summed E-state index contributed by atoms with van der Waals surface area (Å²) in [4.78, 5) is 0. The Morgan fingerprint density at radius 1 is 1.22 bits per heavy atom. The molecule has 2 unspecified atom stereocenters. The third kappa shape index (κ3) is 1.75. The second kappa shape index (κ2) is 3.30. The van der Waals surface area contributed by atoms with Crippen LogP contribution in [0.15, 0.2) is 24.3 Å². The van der Waals surface area contributed by atoms with Crippen molar-refractivity contribution in [3.63, 3.8) is 0 Å². The molecule has 0 heterocycles. The van der Waals surface area contributed by atoms with Crippen molar-refractivity contribution in [2.24, 2.45) is 0 Å². The largest absolute Gasteiger partial charge is 0.133 e. The molecule has 2 heteroatoms. The predicted molar refractivity (Wildman–Crippen MR) is 49.2 cm³/mol. The molecule has 0 fully saturated rings. The van der Waals surface area contributed by atoms with Crippen molar-refractivity contribution in [2.45, 2.75) is 6.16 Å². The number of rotatable bonds is 1. The van der Waals surface area contributed by atoms with Gasteiger partial charge in [0, 0.05) is 0 Å². The Morgan fingerprint density at radius 2 is 1.89 bits per heavy atom. The van der Waals surface area contributed by atoms with Crippen LogP contribution in [0.5, 0.6) is 0 Å². The van der Waals surface area contributed by atoms with Crippen molar-refractivity contribution in [2.75, 3.05) is 0 Å². The molecule has 0 aromatic heterocycles.